The fourth-order valence-electron chi connectivity index (χ4n) is 3.43. The zero-order chi connectivity index (χ0) is 16.8. The minimum atomic E-state index is 0.0212. The Kier molecular flexibility index (Phi) is 5.98. The number of hydrogen-bond donors (Lipinski definition) is 1. The van der Waals surface area contributed by atoms with Crippen molar-refractivity contribution in [3.05, 3.63) is 18.6 Å². The van der Waals surface area contributed by atoms with Crippen LogP contribution in [0.4, 0.5) is 5.82 Å². The van der Waals surface area contributed by atoms with Gasteiger partial charge in [0.2, 0.25) is 5.91 Å². The molecule has 1 amide bonds. The van der Waals surface area contributed by atoms with Crippen LogP contribution in [0.5, 0.6) is 0 Å². The molecule has 2 aliphatic rings. The minimum absolute atomic E-state index is 0.0212. The first kappa shape index (κ1) is 17.1. The summed E-state index contributed by atoms with van der Waals surface area (Å²) in [5, 5.41) is 3.18. The summed E-state index contributed by atoms with van der Waals surface area (Å²) >= 11 is 0. The van der Waals surface area contributed by atoms with E-state index in [2.05, 4.69) is 32.0 Å². The Bertz CT molecular complexity index is 521. The molecule has 0 saturated carbocycles. The van der Waals surface area contributed by atoms with E-state index < -0.39 is 0 Å². The van der Waals surface area contributed by atoms with Crippen molar-refractivity contribution in [1.82, 2.24) is 20.2 Å². The largest absolute Gasteiger partial charge is 0.379 e. The Hall–Kier alpha value is -1.73. The molecule has 7 nitrogen and oxygen atoms in total. The number of piperidine rings is 1. The molecule has 2 fully saturated rings. The number of aromatic nitrogens is 2. The van der Waals surface area contributed by atoms with E-state index in [0.717, 1.165) is 64.6 Å². The highest BCUT2D eigenvalue weighted by atomic mass is 16.5. The van der Waals surface area contributed by atoms with Gasteiger partial charge in [-0.15, -0.1) is 0 Å². The molecule has 0 bridgehead atoms. The molecular formula is C17H27N5O2. The molecule has 0 aromatic carbocycles. The lowest BCUT2D eigenvalue weighted by Gasteiger charge is -2.34. The Morgan fingerprint density at radius 2 is 2.21 bits per heavy atom. The lowest BCUT2D eigenvalue weighted by molar-refractivity contribution is -0.126. The number of carbonyl (C=O) groups excluding carboxylic acids is 1. The summed E-state index contributed by atoms with van der Waals surface area (Å²) in [6.45, 7) is 8.09. The van der Waals surface area contributed by atoms with Gasteiger partial charge < -0.3 is 15.0 Å². The van der Waals surface area contributed by atoms with Gasteiger partial charge in [-0.05, 0) is 19.8 Å². The summed E-state index contributed by atoms with van der Waals surface area (Å²) in [5.41, 5.74) is 0. The van der Waals surface area contributed by atoms with Crippen molar-refractivity contribution < 1.29 is 9.53 Å². The maximum Gasteiger partial charge on any atom is 0.225 e. The molecule has 2 aliphatic heterocycles. The van der Waals surface area contributed by atoms with Crippen molar-refractivity contribution in [3.63, 3.8) is 0 Å². The van der Waals surface area contributed by atoms with E-state index in [4.69, 9.17) is 4.74 Å². The second-order valence-electron chi connectivity index (χ2n) is 6.67. The van der Waals surface area contributed by atoms with Crippen LogP contribution in [0.2, 0.25) is 0 Å². The third-order valence-corrected chi connectivity index (χ3v) is 4.69. The van der Waals surface area contributed by atoms with Crippen molar-refractivity contribution in [2.45, 2.75) is 25.8 Å². The highest BCUT2D eigenvalue weighted by Gasteiger charge is 2.27. The maximum absolute atomic E-state index is 12.6. The molecule has 1 aromatic rings. The van der Waals surface area contributed by atoms with Gasteiger partial charge in [0.05, 0.1) is 25.3 Å². The van der Waals surface area contributed by atoms with Crippen molar-refractivity contribution in [1.29, 1.82) is 0 Å². The Morgan fingerprint density at radius 3 is 2.96 bits per heavy atom. The summed E-state index contributed by atoms with van der Waals surface area (Å²) in [4.78, 5) is 25.6. The van der Waals surface area contributed by atoms with Crippen LogP contribution in [-0.4, -0.2) is 72.8 Å². The van der Waals surface area contributed by atoms with Crippen molar-refractivity contribution in [2.24, 2.45) is 5.92 Å². The first-order valence-corrected chi connectivity index (χ1v) is 8.84. The summed E-state index contributed by atoms with van der Waals surface area (Å²) in [6.07, 6.45) is 7.08. The van der Waals surface area contributed by atoms with Gasteiger partial charge >= 0.3 is 0 Å². The van der Waals surface area contributed by atoms with Gasteiger partial charge in [0.25, 0.3) is 0 Å². The topological polar surface area (TPSA) is 70.6 Å². The van der Waals surface area contributed by atoms with Crippen LogP contribution in [0.15, 0.2) is 18.6 Å². The lowest BCUT2D eigenvalue weighted by Crippen LogP contribution is -2.49. The van der Waals surface area contributed by atoms with Gasteiger partial charge in [0, 0.05) is 51.2 Å². The molecule has 1 aromatic heterocycles. The van der Waals surface area contributed by atoms with Crippen LogP contribution in [-0.2, 0) is 9.53 Å². The van der Waals surface area contributed by atoms with Crippen LogP contribution >= 0.6 is 0 Å². The molecule has 0 radical (unpaired) electrons. The molecule has 3 heterocycles. The van der Waals surface area contributed by atoms with E-state index in [1.807, 2.05) is 0 Å². The highest BCUT2D eigenvalue weighted by molar-refractivity contribution is 5.79. The summed E-state index contributed by atoms with van der Waals surface area (Å²) < 4.78 is 5.37. The van der Waals surface area contributed by atoms with Crippen molar-refractivity contribution in [2.75, 3.05) is 50.8 Å². The molecule has 3 rings (SSSR count). The fraction of sp³-hybridized carbons (Fsp3) is 0.706. The van der Waals surface area contributed by atoms with Gasteiger partial charge in [0.1, 0.15) is 5.82 Å². The van der Waals surface area contributed by atoms with E-state index in [-0.39, 0.29) is 17.9 Å². The molecular weight excluding hydrogens is 306 g/mol. The molecule has 0 spiro atoms. The standard InChI is InChI=1S/C17H27N5O2/c1-14(12-21-7-9-24-10-8-21)20-17(23)15-3-2-6-22(13-15)16-11-18-4-5-19-16/h4-5,11,14-15H,2-3,6-10,12-13H2,1H3,(H,20,23)/t14-,15-/m1/s1. The van der Waals surface area contributed by atoms with E-state index in [1.54, 1.807) is 18.6 Å². The summed E-state index contributed by atoms with van der Waals surface area (Å²) in [7, 11) is 0. The molecule has 2 saturated heterocycles. The summed E-state index contributed by atoms with van der Waals surface area (Å²) in [6, 6.07) is 0.155. The van der Waals surface area contributed by atoms with Crippen LogP contribution < -0.4 is 10.2 Å². The minimum Gasteiger partial charge on any atom is -0.379 e. The number of amides is 1. The van der Waals surface area contributed by atoms with Crippen molar-refractivity contribution in [3.8, 4) is 0 Å². The lowest BCUT2D eigenvalue weighted by atomic mass is 9.97. The molecule has 132 valence electrons. The second kappa shape index (κ2) is 8.39. The van der Waals surface area contributed by atoms with Gasteiger partial charge in [-0.1, -0.05) is 0 Å². The third kappa shape index (κ3) is 4.64. The van der Waals surface area contributed by atoms with Crippen LogP contribution in [0.3, 0.4) is 0 Å². The van der Waals surface area contributed by atoms with E-state index in [9.17, 15) is 4.79 Å². The molecule has 7 heteroatoms. The normalized spacial score (nSPS) is 23.7. The molecule has 2 atom stereocenters. The second-order valence-corrected chi connectivity index (χ2v) is 6.67. The Balaban J connectivity index is 1.48. The number of morpholine rings is 1. The average molecular weight is 333 g/mol. The quantitative estimate of drug-likeness (QED) is 0.848. The van der Waals surface area contributed by atoms with E-state index in [0.29, 0.717) is 0 Å². The Morgan fingerprint density at radius 1 is 1.38 bits per heavy atom. The number of rotatable bonds is 5. The first-order chi connectivity index (χ1) is 11.7. The number of nitrogens with one attached hydrogen (secondary N) is 1. The average Bonchev–Trinajstić information content (AvgIpc) is 2.63. The number of hydrogen-bond acceptors (Lipinski definition) is 6. The zero-order valence-corrected chi connectivity index (χ0v) is 14.4. The van der Waals surface area contributed by atoms with E-state index in [1.165, 1.54) is 0 Å². The highest BCUT2D eigenvalue weighted by Crippen LogP contribution is 2.21. The van der Waals surface area contributed by atoms with Gasteiger partial charge in [-0.3, -0.25) is 14.7 Å². The zero-order valence-electron chi connectivity index (χ0n) is 14.4. The predicted molar refractivity (Wildman–Crippen MR) is 91.8 cm³/mol. The fourth-order valence-corrected chi connectivity index (χ4v) is 3.43. The monoisotopic (exact) mass is 333 g/mol. The maximum atomic E-state index is 12.6. The van der Waals surface area contributed by atoms with Gasteiger partial charge in [-0.25, -0.2) is 4.98 Å². The Labute approximate surface area is 143 Å². The van der Waals surface area contributed by atoms with Gasteiger partial charge in [-0.2, -0.15) is 0 Å². The van der Waals surface area contributed by atoms with Crippen LogP contribution in [0, 0.1) is 5.92 Å². The molecule has 0 aliphatic carbocycles. The number of carbonyl (C=O) groups is 1. The number of anilines is 1. The smallest absolute Gasteiger partial charge is 0.225 e. The van der Waals surface area contributed by atoms with Crippen LogP contribution in [0.25, 0.3) is 0 Å². The molecule has 24 heavy (non-hydrogen) atoms. The summed E-state index contributed by atoms with van der Waals surface area (Å²) in [5.74, 6) is 1.04. The van der Waals surface area contributed by atoms with E-state index >= 15 is 0 Å². The molecule has 0 unspecified atom stereocenters. The number of ether oxygens (including phenoxy) is 1. The van der Waals surface area contributed by atoms with Gasteiger partial charge in [0.15, 0.2) is 0 Å². The van der Waals surface area contributed by atoms with Crippen molar-refractivity contribution >= 4 is 11.7 Å². The number of nitrogens with zero attached hydrogens (tertiary/aromatic N) is 4. The molecule has 1 N–H and O–H groups in total. The van der Waals surface area contributed by atoms with Crippen LogP contribution in [0.1, 0.15) is 19.8 Å². The SMILES string of the molecule is C[C@H](CN1CCOCC1)NC(=O)[C@@H]1CCCN(c2cnccn2)C1. The third-order valence-electron chi connectivity index (χ3n) is 4.69. The predicted octanol–water partition coefficient (Wildman–Crippen LogP) is 0.530. The first-order valence-electron chi connectivity index (χ1n) is 8.84.